The third kappa shape index (κ3) is 4.01. The van der Waals surface area contributed by atoms with Crippen LogP contribution in [0.3, 0.4) is 0 Å². The average Bonchev–Trinajstić information content (AvgIpc) is 2.37. The summed E-state index contributed by atoms with van der Waals surface area (Å²) in [5.41, 5.74) is 0. The number of ether oxygens (including phenoxy) is 5. The number of methoxy groups -OCH3 is 2. The maximum absolute atomic E-state index is 11.1. The Morgan fingerprint density at radius 3 is 2.37 bits per heavy atom. The first-order valence-electron chi connectivity index (χ1n) is 6.15. The minimum Gasteiger partial charge on any atom is -0.457 e. The summed E-state index contributed by atoms with van der Waals surface area (Å²) >= 11 is 0. The Hall–Kier alpha value is -0.950. The smallest absolute Gasteiger partial charge is 0.303 e. The van der Waals surface area contributed by atoms with Crippen molar-refractivity contribution in [1.82, 2.24) is 0 Å². The first-order chi connectivity index (χ1) is 9.04. The number of esters is 1. The molecule has 5 atom stereocenters. The Labute approximate surface area is 113 Å². The molecule has 1 fully saturated rings. The van der Waals surface area contributed by atoms with E-state index < -0.39 is 24.6 Å². The lowest BCUT2D eigenvalue weighted by Gasteiger charge is -2.43. The van der Waals surface area contributed by atoms with Crippen molar-refractivity contribution in [1.29, 1.82) is 0 Å². The highest BCUT2D eigenvalue weighted by Crippen LogP contribution is 2.27. The standard InChI is InChI=1S/C13H22O6/c1-6-7-17-13-12(16-5)11(15-4)10(8(2)18-13)19-9(3)14/h6,8,10-13H,1,7H2,2-5H3/t8-,10+,11+,12-,13+/m0/s1. The highest BCUT2D eigenvalue weighted by molar-refractivity contribution is 5.66. The van der Waals surface area contributed by atoms with Gasteiger partial charge in [0.2, 0.25) is 0 Å². The van der Waals surface area contributed by atoms with Crippen molar-refractivity contribution in [2.75, 3.05) is 20.8 Å². The van der Waals surface area contributed by atoms with Crippen LogP contribution < -0.4 is 0 Å². The summed E-state index contributed by atoms with van der Waals surface area (Å²) in [6.07, 6.45) is -0.778. The van der Waals surface area contributed by atoms with E-state index in [1.807, 2.05) is 0 Å². The maximum Gasteiger partial charge on any atom is 0.303 e. The molecule has 0 aliphatic carbocycles. The fraction of sp³-hybridized carbons (Fsp3) is 0.769. The molecule has 1 rings (SSSR count). The van der Waals surface area contributed by atoms with E-state index >= 15 is 0 Å². The van der Waals surface area contributed by atoms with Crippen LogP contribution in [0.1, 0.15) is 13.8 Å². The summed E-state index contributed by atoms with van der Waals surface area (Å²) in [7, 11) is 3.07. The Bertz CT molecular complexity index is 306. The van der Waals surface area contributed by atoms with Gasteiger partial charge in [0.1, 0.15) is 12.2 Å². The molecule has 0 amide bonds. The molecule has 1 heterocycles. The zero-order valence-electron chi connectivity index (χ0n) is 11.8. The molecule has 6 heteroatoms. The molecule has 1 aliphatic rings. The molecule has 1 saturated heterocycles. The molecule has 1 aliphatic heterocycles. The SMILES string of the molecule is C=CCO[C@@H]1O[C@@H](C)[C@@H](OC(C)=O)[C@@H](OC)[C@@H]1OC. The van der Waals surface area contributed by atoms with Gasteiger partial charge in [-0.1, -0.05) is 6.08 Å². The summed E-state index contributed by atoms with van der Waals surface area (Å²) < 4.78 is 27.2. The molecular weight excluding hydrogens is 252 g/mol. The van der Waals surface area contributed by atoms with Crippen molar-refractivity contribution in [3.8, 4) is 0 Å². The third-order valence-electron chi connectivity index (χ3n) is 2.95. The van der Waals surface area contributed by atoms with Gasteiger partial charge in [-0.15, -0.1) is 6.58 Å². The minimum atomic E-state index is -0.588. The van der Waals surface area contributed by atoms with Crippen LogP contribution in [0, 0.1) is 0 Å². The first-order valence-corrected chi connectivity index (χ1v) is 6.15. The number of carbonyl (C=O) groups is 1. The first kappa shape index (κ1) is 16.1. The van der Waals surface area contributed by atoms with Gasteiger partial charge >= 0.3 is 5.97 Å². The topological polar surface area (TPSA) is 63.2 Å². The van der Waals surface area contributed by atoms with Crippen LogP contribution in [0.2, 0.25) is 0 Å². The number of rotatable bonds is 6. The van der Waals surface area contributed by atoms with Gasteiger partial charge in [0.15, 0.2) is 12.4 Å². The van der Waals surface area contributed by atoms with E-state index in [0.29, 0.717) is 6.61 Å². The van der Waals surface area contributed by atoms with Gasteiger partial charge < -0.3 is 23.7 Å². The van der Waals surface area contributed by atoms with Gasteiger partial charge in [0, 0.05) is 21.1 Å². The van der Waals surface area contributed by atoms with E-state index in [1.54, 1.807) is 13.0 Å². The molecule has 0 aromatic carbocycles. The predicted molar refractivity (Wildman–Crippen MR) is 67.6 cm³/mol. The molecular formula is C13H22O6. The Balaban J connectivity index is 2.84. The van der Waals surface area contributed by atoms with Crippen molar-refractivity contribution in [2.24, 2.45) is 0 Å². The summed E-state index contributed by atoms with van der Waals surface area (Å²) in [6.45, 7) is 7.08. The third-order valence-corrected chi connectivity index (χ3v) is 2.95. The van der Waals surface area contributed by atoms with Crippen LogP contribution in [-0.2, 0) is 28.5 Å². The van der Waals surface area contributed by atoms with Crippen LogP contribution in [0.25, 0.3) is 0 Å². The molecule has 0 spiro atoms. The van der Waals surface area contributed by atoms with Gasteiger partial charge in [0.25, 0.3) is 0 Å². The van der Waals surface area contributed by atoms with Gasteiger partial charge in [-0.05, 0) is 6.92 Å². The molecule has 0 bridgehead atoms. The Morgan fingerprint density at radius 1 is 1.26 bits per heavy atom. The van der Waals surface area contributed by atoms with Gasteiger partial charge in [0.05, 0.1) is 12.7 Å². The van der Waals surface area contributed by atoms with Crippen molar-refractivity contribution in [3.05, 3.63) is 12.7 Å². The number of hydrogen-bond acceptors (Lipinski definition) is 6. The van der Waals surface area contributed by atoms with Gasteiger partial charge in [-0.3, -0.25) is 4.79 Å². The van der Waals surface area contributed by atoms with Crippen LogP contribution in [-0.4, -0.2) is 57.5 Å². The summed E-state index contributed by atoms with van der Waals surface area (Å²) in [5, 5.41) is 0. The van der Waals surface area contributed by atoms with E-state index in [1.165, 1.54) is 21.1 Å². The van der Waals surface area contributed by atoms with Crippen LogP contribution >= 0.6 is 0 Å². The Morgan fingerprint density at radius 2 is 1.89 bits per heavy atom. The molecule has 0 aromatic heterocycles. The maximum atomic E-state index is 11.1. The zero-order valence-corrected chi connectivity index (χ0v) is 11.8. The fourth-order valence-electron chi connectivity index (χ4n) is 2.14. The van der Waals surface area contributed by atoms with E-state index in [2.05, 4.69) is 6.58 Å². The number of hydrogen-bond donors (Lipinski definition) is 0. The molecule has 6 nitrogen and oxygen atoms in total. The van der Waals surface area contributed by atoms with Crippen LogP contribution in [0.15, 0.2) is 12.7 Å². The second-order valence-electron chi connectivity index (χ2n) is 4.31. The quantitative estimate of drug-likeness (QED) is 0.529. The van der Waals surface area contributed by atoms with Crippen molar-refractivity contribution in [2.45, 2.75) is 44.6 Å². The summed E-state index contributed by atoms with van der Waals surface area (Å²) in [6, 6.07) is 0. The second-order valence-corrected chi connectivity index (χ2v) is 4.31. The molecule has 0 N–H and O–H groups in total. The summed E-state index contributed by atoms with van der Waals surface area (Å²) in [4.78, 5) is 11.1. The molecule has 110 valence electrons. The molecule has 0 aromatic rings. The zero-order chi connectivity index (χ0) is 14.4. The largest absolute Gasteiger partial charge is 0.457 e. The monoisotopic (exact) mass is 274 g/mol. The van der Waals surface area contributed by atoms with Crippen molar-refractivity contribution < 1.29 is 28.5 Å². The van der Waals surface area contributed by atoms with E-state index in [9.17, 15) is 4.79 Å². The molecule has 19 heavy (non-hydrogen) atoms. The second kappa shape index (κ2) is 7.59. The van der Waals surface area contributed by atoms with Gasteiger partial charge in [-0.25, -0.2) is 0 Å². The van der Waals surface area contributed by atoms with E-state index in [-0.39, 0.29) is 12.1 Å². The molecule has 0 radical (unpaired) electrons. The summed E-state index contributed by atoms with van der Waals surface area (Å²) in [5.74, 6) is -0.386. The fourth-order valence-corrected chi connectivity index (χ4v) is 2.14. The van der Waals surface area contributed by atoms with Gasteiger partial charge in [-0.2, -0.15) is 0 Å². The minimum absolute atomic E-state index is 0.339. The Kier molecular flexibility index (Phi) is 6.44. The highest BCUT2D eigenvalue weighted by Gasteiger charge is 2.47. The normalized spacial score (nSPS) is 34.8. The lowest BCUT2D eigenvalue weighted by atomic mass is 9.99. The van der Waals surface area contributed by atoms with Crippen LogP contribution in [0.5, 0.6) is 0 Å². The number of carbonyl (C=O) groups excluding carboxylic acids is 1. The molecule has 0 unspecified atom stereocenters. The van der Waals surface area contributed by atoms with E-state index in [0.717, 1.165) is 0 Å². The van der Waals surface area contributed by atoms with Crippen LogP contribution in [0.4, 0.5) is 0 Å². The average molecular weight is 274 g/mol. The van der Waals surface area contributed by atoms with Crippen molar-refractivity contribution >= 4 is 5.97 Å². The predicted octanol–water partition coefficient (Wildman–Crippen LogP) is 0.895. The lowest BCUT2D eigenvalue weighted by Crippen LogP contribution is -2.59. The lowest BCUT2D eigenvalue weighted by molar-refractivity contribution is -0.301. The van der Waals surface area contributed by atoms with Crippen molar-refractivity contribution in [3.63, 3.8) is 0 Å². The molecule has 0 saturated carbocycles. The van der Waals surface area contributed by atoms with E-state index in [4.69, 9.17) is 23.7 Å². The highest BCUT2D eigenvalue weighted by atomic mass is 16.7.